The largest absolute Gasteiger partial charge is 0.310 e. The average Bonchev–Trinajstić information content (AvgIpc) is 2.46. The first kappa shape index (κ1) is 14.9. The molecule has 1 aromatic rings. The van der Waals surface area contributed by atoms with Gasteiger partial charge in [0.15, 0.2) is 0 Å². The molecule has 0 heterocycles. The van der Waals surface area contributed by atoms with E-state index in [1.54, 1.807) is 11.8 Å². The van der Waals surface area contributed by atoms with Crippen molar-refractivity contribution in [1.29, 1.82) is 0 Å². The zero-order valence-electron chi connectivity index (χ0n) is 12.5. The molecule has 1 fully saturated rings. The molecule has 0 amide bonds. The molecule has 0 spiro atoms. The Hall–Kier alpha value is -0.470. The highest BCUT2D eigenvalue weighted by Crippen LogP contribution is 2.35. The summed E-state index contributed by atoms with van der Waals surface area (Å²) >= 11 is 1.80. The molecule has 1 N–H and O–H groups in total. The van der Waals surface area contributed by atoms with Gasteiger partial charge in [-0.25, -0.2) is 0 Å². The molecule has 0 radical (unpaired) electrons. The van der Waals surface area contributed by atoms with Crippen molar-refractivity contribution in [2.24, 2.45) is 5.41 Å². The van der Waals surface area contributed by atoms with Crippen LogP contribution in [0.3, 0.4) is 0 Å². The van der Waals surface area contributed by atoms with Gasteiger partial charge in [-0.15, -0.1) is 11.8 Å². The van der Waals surface area contributed by atoms with Gasteiger partial charge in [-0.05, 0) is 49.1 Å². The summed E-state index contributed by atoms with van der Waals surface area (Å²) in [5.74, 6) is 0. The van der Waals surface area contributed by atoms with Crippen LogP contribution < -0.4 is 5.32 Å². The molecule has 0 bridgehead atoms. The van der Waals surface area contributed by atoms with Gasteiger partial charge in [0.25, 0.3) is 0 Å². The average molecular weight is 277 g/mol. The van der Waals surface area contributed by atoms with Crippen molar-refractivity contribution in [1.82, 2.24) is 5.32 Å². The minimum absolute atomic E-state index is 0.453. The molecule has 1 nitrogen and oxygen atoms in total. The van der Waals surface area contributed by atoms with Crippen LogP contribution in [-0.4, -0.2) is 12.8 Å². The van der Waals surface area contributed by atoms with Gasteiger partial charge in [-0.3, -0.25) is 0 Å². The molecule has 2 rings (SSSR count). The summed E-state index contributed by atoms with van der Waals surface area (Å²) in [7, 11) is 0. The molecule has 1 aliphatic carbocycles. The zero-order valence-corrected chi connectivity index (χ0v) is 13.4. The molecular weight excluding hydrogens is 250 g/mol. The van der Waals surface area contributed by atoms with Gasteiger partial charge in [-0.1, -0.05) is 38.3 Å². The molecule has 1 saturated carbocycles. The molecule has 19 heavy (non-hydrogen) atoms. The topological polar surface area (TPSA) is 12.0 Å². The molecule has 1 aliphatic rings. The minimum atomic E-state index is 0.453. The van der Waals surface area contributed by atoms with Crippen LogP contribution in [0.2, 0.25) is 0 Å². The van der Waals surface area contributed by atoms with Crippen LogP contribution in [0.5, 0.6) is 0 Å². The third-order valence-corrected chi connectivity index (χ3v) is 5.26. The fourth-order valence-electron chi connectivity index (χ4n) is 2.99. The standard InChI is InChI=1S/C17H27NS/c1-14(15-7-9-16(19-3)10-8-15)18-13-17(2)11-5-4-6-12-17/h7-10,14,18H,4-6,11-13H2,1-3H3. The van der Waals surface area contributed by atoms with Gasteiger partial charge in [0.1, 0.15) is 0 Å². The van der Waals surface area contributed by atoms with Gasteiger partial charge in [0.05, 0.1) is 0 Å². The first-order valence-corrected chi connectivity index (χ1v) is 8.73. The van der Waals surface area contributed by atoms with E-state index in [0.717, 1.165) is 6.54 Å². The summed E-state index contributed by atoms with van der Waals surface area (Å²) in [4.78, 5) is 1.34. The van der Waals surface area contributed by atoms with E-state index in [2.05, 4.69) is 49.7 Å². The Kier molecular flexibility index (Phi) is 5.35. The Bertz CT molecular complexity index is 379. The van der Waals surface area contributed by atoms with Gasteiger partial charge in [0.2, 0.25) is 0 Å². The summed E-state index contributed by atoms with van der Waals surface area (Å²) in [6.07, 6.45) is 9.15. The Morgan fingerprint density at radius 2 is 1.79 bits per heavy atom. The maximum Gasteiger partial charge on any atom is 0.0292 e. The van der Waals surface area contributed by atoms with E-state index in [1.807, 2.05) is 0 Å². The smallest absolute Gasteiger partial charge is 0.0292 e. The van der Waals surface area contributed by atoms with Crippen molar-refractivity contribution in [3.63, 3.8) is 0 Å². The monoisotopic (exact) mass is 277 g/mol. The van der Waals surface area contributed by atoms with Crippen LogP contribution in [0.25, 0.3) is 0 Å². The Morgan fingerprint density at radius 3 is 2.37 bits per heavy atom. The van der Waals surface area contributed by atoms with Gasteiger partial charge in [-0.2, -0.15) is 0 Å². The molecular formula is C17H27NS. The normalized spacial score (nSPS) is 20.2. The van der Waals surface area contributed by atoms with Gasteiger partial charge in [0, 0.05) is 17.5 Å². The van der Waals surface area contributed by atoms with E-state index in [0.29, 0.717) is 11.5 Å². The van der Waals surface area contributed by atoms with E-state index in [4.69, 9.17) is 0 Å². The van der Waals surface area contributed by atoms with Crippen LogP contribution in [0.4, 0.5) is 0 Å². The lowest BCUT2D eigenvalue weighted by Crippen LogP contribution is -2.34. The number of hydrogen-bond acceptors (Lipinski definition) is 2. The highest BCUT2D eigenvalue weighted by molar-refractivity contribution is 7.98. The van der Waals surface area contributed by atoms with Gasteiger partial charge >= 0.3 is 0 Å². The maximum atomic E-state index is 3.74. The highest BCUT2D eigenvalue weighted by atomic mass is 32.2. The van der Waals surface area contributed by atoms with Crippen molar-refractivity contribution in [3.05, 3.63) is 29.8 Å². The zero-order chi connectivity index (χ0) is 13.7. The quantitative estimate of drug-likeness (QED) is 0.758. The van der Waals surface area contributed by atoms with E-state index in [-0.39, 0.29) is 0 Å². The van der Waals surface area contributed by atoms with E-state index >= 15 is 0 Å². The lowest BCUT2D eigenvalue weighted by molar-refractivity contribution is 0.202. The van der Waals surface area contributed by atoms with Crippen molar-refractivity contribution >= 4 is 11.8 Å². The fourth-order valence-corrected chi connectivity index (χ4v) is 3.40. The lowest BCUT2D eigenvalue weighted by Gasteiger charge is -2.35. The second kappa shape index (κ2) is 6.81. The van der Waals surface area contributed by atoms with Crippen molar-refractivity contribution < 1.29 is 0 Å². The minimum Gasteiger partial charge on any atom is -0.310 e. The van der Waals surface area contributed by atoms with E-state index < -0.39 is 0 Å². The molecule has 106 valence electrons. The SMILES string of the molecule is CSc1ccc(C(C)NCC2(C)CCCCC2)cc1. The number of nitrogens with one attached hydrogen (secondary N) is 1. The van der Waals surface area contributed by atoms with Crippen molar-refractivity contribution in [2.75, 3.05) is 12.8 Å². The summed E-state index contributed by atoms with van der Waals surface area (Å²) in [5, 5.41) is 3.74. The maximum absolute atomic E-state index is 3.74. The number of thioether (sulfide) groups is 1. The van der Waals surface area contributed by atoms with Crippen LogP contribution in [0, 0.1) is 5.41 Å². The Balaban J connectivity index is 1.87. The predicted molar refractivity (Wildman–Crippen MR) is 85.8 cm³/mol. The summed E-state index contributed by atoms with van der Waals surface area (Å²) < 4.78 is 0. The molecule has 1 unspecified atom stereocenters. The molecule has 1 atom stereocenters. The predicted octanol–water partition coefficient (Wildman–Crippen LogP) is 5.03. The summed E-state index contributed by atoms with van der Waals surface area (Å²) in [5.41, 5.74) is 1.92. The second-order valence-corrected chi connectivity index (χ2v) is 7.13. The Morgan fingerprint density at radius 1 is 1.16 bits per heavy atom. The third-order valence-electron chi connectivity index (χ3n) is 4.51. The van der Waals surface area contributed by atoms with Crippen LogP contribution in [0.15, 0.2) is 29.2 Å². The summed E-state index contributed by atoms with van der Waals surface area (Å²) in [6, 6.07) is 9.41. The molecule has 0 aromatic heterocycles. The van der Waals surface area contributed by atoms with Crippen molar-refractivity contribution in [2.45, 2.75) is 56.9 Å². The van der Waals surface area contributed by atoms with Crippen LogP contribution in [0.1, 0.15) is 57.6 Å². The first-order valence-electron chi connectivity index (χ1n) is 7.50. The van der Waals surface area contributed by atoms with E-state index in [9.17, 15) is 0 Å². The third kappa shape index (κ3) is 4.25. The lowest BCUT2D eigenvalue weighted by atomic mass is 9.75. The number of rotatable bonds is 5. The van der Waals surface area contributed by atoms with E-state index in [1.165, 1.54) is 42.6 Å². The summed E-state index contributed by atoms with van der Waals surface area (Å²) in [6.45, 7) is 5.88. The molecule has 2 heteroatoms. The number of benzene rings is 1. The first-order chi connectivity index (χ1) is 9.13. The molecule has 0 saturated heterocycles. The fraction of sp³-hybridized carbons (Fsp3) is 0.647. The van der Waals surface area contributed by atoms with Crippen LogP contribution in [-0.2, 0) is 0 Å². The molecule has 1 aromatic carbocycles. The van der Waals surface area contributed by atoms with Crippen LogP contribution >= 0.6 is 11.8 Å². The second-order valence-electron chi connectivity index (χ2n) is 6.25. The Labute approximate surface area is 122 Å². The van der Waals surface area contributed by atoms with Gasteiger partial charge < -0.3 is 5.32 Å². The number of hydrogen-bond donors (Lipinski definition) is 1. The molecule has 0 aliphatic heterocycles. The van der Waals surface area contributed by atoms with Crippen molar-refractivity contribution in [3.8, 4) is 0 Å². The highest BCUT2D eigenvalue weighted by Gasteiger charge is 2.26.